The van der Waals surface area contributed by atoms with Crippen LogP contribution < -0.4 is 10.1 Å². The minimum absolute atomic E-state index is 0.395. The van der Waals surface area contributed by atoms with E-state index in [9.17, 15) is 0 Å². The summed E-state index contributed by atoms with van der Waals surface area (Å²) in [5.41, 5.74) is 1.28. The molecule has 0 aliphatic heterocycles. The van der Waals surface area contributed by atoms with Crippen molar-refractivity contribution in [3.8, 4) is 5.75 Å². The predicted octanol–water partition coefficient (Wildman–Crippen LogP) is 3.78. The maximum Gasteiger partial charge on any atom is 0.123 e. The second kappa shape index (κ2) is 7.33. The second-order valence-electron chi connectivity index (χ2n) is 4.35. The van der Waals surface area contributed by atoms with E-state index in [2.05, 4.69) is 38.2 Å². The molecule has 0 spiro atoms. The highest BCUT2D eigenvalue weighted by Crippen LogP contribution is 2.33. The lowest BCUT2D eigenvalue weighted by atomic mass is 9.88. The number of ether oxygens (including phenoxy) is 1. The van der Waals surface area contributed by atoms with E-state index < -0.39 is 0 Å². The number of hydrogen-bond acceptors (Lipinski definition) is 2. The van der Waals surface area contributed by atoms with Crippen molar-refractivity contribution in [3.63, 3.8) is 0 Å². The van der Waals surface area contributed by atoms with E-state index >= 15 is 0 Å². The zero-order valence-corrected chi connectivity index (χ0v) is 11.5. The molecule has 17 heavy (non-hydrogen) atoms. The summed E-state index contributed by atoms with van der Waals surface area (Å²) in [4.78, 5) is 0. The number of benzene rings is 1. The van der Waals surface area contributed by atoms with Gasteiger partial charge in [0.2, 0.25) is 0 Å². The fraction of sp³-hybridized carbons (Fsp3) is 0.600. The van der Waals surface area contributed by atoms with E-state index in [-0.39, 0.29) is 0 Å². The summed E-state index contributed by atoms with van der Waals surface area (Å²) < 4.78 is 5.47. The molecule has 0 aliphatic rings. The van der Waals surface area contributed by atoms with Crippen LogP contribution in [0.5, 0.6) is 5.75 Å². The highest BCUT2D eigenvalue weighted by Gasteiger charge is 2.22. The van der Waals surface area contributed by atoms with Crippen molar-refractivity contribution in [1.82, 2.24) is 5.32 Å². The molecule has 1 unspecified atom stereocenters. The van der Waals surface area contributed by atoms with Crippen LogP contribution in [0.3, 0.4) is 0 Å². The number of nitrogens with one attached hydrogen (secondary N) is 1. The van der Waals surface area contributed by atoms with Crippen LogP contribution in [0.15, 0.2) is 24.3 Å². The van der Waals surface area contributed by atoms with Gasteiger partial charge < -0.3 is 10.1 Å². The third-order valence-electron chi connectivity index (χ3n) is 3.42. The first-order chi connectivity index (χ1) is 8.28. The zero-order chi connectivity index (χ0) is 12.7. The van der Waals surface area contributed by atoms with Gasteiger partial charge in [0.05, 0.1) is 7.11 Å². The van der Waals surface area contributed by atoms with Gasteiger partial charge in [0, 0.05) is 11.6 Å². The molecule has 0 heterocycles. The van der Waals surface area contributed by atoms with E-state index in [1.807, 2.05) is 12.1 Å². The van der Waals surface area contributed by atoms with E-state index in [1.165, 1.54) is 18.4 Å². The van der Waals surface area contributed by atoms with Gasteiger partial charge in [-0.25, -0.2) is 0 Å². The first-order valence-electron chi connectivity index (χ1n) is 6.64. The third kappa shape index (κ3) is 3.47. The SMILES string of the molecule is CCNC(c1ccccc1OC)C(CC)CC. The predicted molar refractivity (Wildman–Crippen MR) is 73.5 cm³/mol. The van der Waals surface area contributed by atoms with Crippen LogP contribution >= 0.6 is 0 Å². The molecular weight excluding hydrogens is 210 g/mol. The first kappa shape index (κ1) is 14.0. The van der Waals surface area contributed by atoms with Crippen LogP contribution in [0.2, 0.25) is 0 Å². The van der Waals surface area contributed by atoms with E-state index in [4.69, 9.17) is 4.74 Å². The molecule has 0 fully saturated rings. The van der Waals surface area contributed by atoms with Crippen LogP contribution in [-0.2, 0) is 0 Å². The van der Waals surface area contributed by atoms with E-state index in [0.29, 0.717) is 12.0 Å². The Hall–Kier alpha value is -1.02. The molecule has 1 N–H and O–H groups in total. The third-order valence-corrected chi connectivity index (χ3v) is 3.42. The standard InChI is InChI=1S/C15H25NO/c1-5-12(6-2)15(16-7-3)13-10-8-9-11-14(13)17-4/h8-12,15-16H,5-7H2,1-4H3. The summed E-state index contributed by atoms with van der Waals surface area (Å²) in [5, 5.41) is 3.60. The number of para-hydroxylation sites is 1. The Kier molecular flexibility index (Phi) is 6.06. The lowest BCUT2D eigenvalue weighted by molar-refractivity contribution is 0.330. The molecule has 1 atom stereocenters. The topological polar surface area (TPSA) is 21.3 Å². The zero-order valence-electron chi connectivity index (χ0n) is 11.5. The quantitative estimate of drug-likeness (QED) is 0.776. The number of hydrogen-bond donors (Lipinski definition) is 1. The molecule has 1 aromatic rings. The summed E-state index contributed by atoms with van der Waals surface area (Å²) >= 11 is 0. The van der Waals surface area contributed by atoms with Crippen molar-refractivity contribution >= 4 is 0 Å². The average Bonchev–Trinajstić information content (AvgIpc) is 2.39. The van der Waals surface area contributed by atoms with Gasteiger partial charge in [0.1, 0.15) is 5.75 Å². The van der Waals surface area contributed by atoms with Gasteiger partial charge in [-0.15, -0.1) is 0 Å². The van der Waals surface area contributed by atoms with E-state index in [1.54, 1.807) is 7.11 Å². The molecule has 0 saturated carbocycles. The summed E-state index contributed by atoms with van der Waals surface area (Å²) in [6, 6.07) is 8.72. The minimum atomic E-state index is 0.395. The molecule has 1 rings (SSSR count). The van der Waals surface area contributed by atoms with Crippen LogP contribution in [0.1, 0.15) is 45.2 Å². The molecule has 0 radical (unpaired) electrons. The molecule has 96 valence electrons. The molecule has 2 heteroatoms. The number of methoxy groups -OCH3 is 1. The van der Waals surface area contributed by atoms with Crippen molar-refractivity contribution in [2.45, 2.75) is 39.7 Å². The largest absolute Gasteiger partial charge is 0.496 e. The van der Waals surface area contributed by atoms with Crippen molar-refractivity contribution in [1.29, 1.82) is 0 Å². The fourth-order valence-electron chi connectivity index (χ4n) is 2.43. The van der Waals surface area contributed by atoms with Crippen LogP contribution in [0, 0.1) is 5.92 Å². The van der Waals surface area contributed by atoms with Gasteiger partial charge in [-0.05, 0) is 18.5 Å². The Balaban J connectivity index is 3.03. The van der Waals surface area contributed by atoms with Crippen molar-refractivity contribution in [3.05, 3.63) is 29.8 Å². The molecule has 0 aromatic heterocycles. The summed E-state index contributed by atoms with van der Waals surface area (Å²) in [6.45, 7) is 7.66. The van der Waals surface area contributed by atoms with Gasteiger partial charge in [-0.2, -0.15) is 0 Å². The smallest absolute Gasteiger partial charge is 0.123 e. The monoisotopic (exact) mass is 235 g/mol. The Labute approximate surface area is 105 Å². The minimum Gasteiger partial charge on any atom is -0.496 e. The summed E-state index contributed by atoms with van der Waals surface area (Å²) in [6.07, 6.45) is 2.37. The summed E-state index contributed by atoms with van der Waals surface area (Å²) in [5.74, 6) is 1.65. The fourth-order valence-corrected chi connectivity index (χ4v) is 2.43. The second-order valence-corrected chi connectivity index (χ2v) is 4.35. The lowest BCUT2D eigenvalue weighted by Crippen LogP contribution is -2.28. The van der Waals surface area contributed by atoms with Gasteiger partial charge >= 0.3 is 0 Å². The Bertz CT molecular complexity index is 320. The van der Waals surface area contributed by atoms with Crippen LogP contribution in [0.4, 0.5) is 0 Å². The molecular formula is C15H25NO. The van der Waals surface area contributed by atoms with E-state index in [0.717, 1.165) is 12.3 Å². The van der Waals surface area contributed by atoms with Gasteiger partial charge in [0.15, 0.2) is 0 Å². The number of rotatable bonds is 7. The molecule has 1 aromatic carbocycles. The van der Waals surface area contributed by atoms with Crippen molar-refractivity contribution in [2.75, 3.05) is 13.7 Å². The highest BCUT2D eigenvalue weighted by atomic mass is 16.5. The highest BCUT2D eigenvalue weighted by molar-refractivity contribution is 5.36. The Morgan fingerprint density at radius 1 is 1.12 bits per heavy atom. The normalized spacial score (nSPS) is 12.8. The molecule has 0 bridgehead atoms. The molecule has 2 nitrogen and oxygen atoms in total. The van der Waals surface area contributed by atoms with Crippen LogP contribution in [0.25, 0.3) is 0 Å². The first-order valence-corrected chi connectivity index (χ1v) is 6.64. The van der Waals surface area contributed by atoms with Gasteiger partial charge in [-0.3, -0.25) is 0 Å². The maximum atomic E-state index is 5.47. The maximum absolute atomic E-state index is 5.47. The molecule has 0 aliphatic carbocycles. The van der Waals surface area contributed by atoms with Gasteiger partial charge in [0.25, 0.3) is 0 Å². The van der Waals surface area contributed by atoms with Crippen molar-refractivity contribution < 1.29 is 4.74 Å². The van der Waals surface area contributed by atoms with Crippen molar-refractivity contribution in [2.24, 2.45) is 5.92 Å². The Morgan fingerprint density at radius 3 is 2.29 bits per heavy atom. The molecule has 0 saturated heterocycles. The lowest BCUT2D eigenvalue weighted by Gasteiger charge is -2.27. The van der Waals surface area contributed by atoms with Gasteiger partial charge in [-0.1, -0.05) is 51.8 Å². The van der Waals surface area contributed by atoms with Crippen LogP contribution in [-0.4, -0.2) is 13.7 Å². The molecule has 0 amide bonds. The summed E-state index contributed by atoms with van der Waals surface area (Å²) in [7, 11) is 1.74. The average molecular weight is 235 g/mol. The Morgan fingerprint density at radius 2 is 1.76 bits per heavy atom.